The van der Waals surface area contributed by atoms with Crippen LogP contribution in [0.25, 0.3) is 0 Å². The highest BCUT2D eigenvalue weighted by atomic mass is 19.2. The predicted molar refractivity (Wildman–Crippen MR) is 107 cm³/mol. The van der Waals surface area contributed by atoms with Gasteiger partial charge in [-0.1, -0.05) is 57.3 Å². The molecule has 0 atom stereocenters. The van der Waals surface area contributed by atoms with Crippen molar-refractivity contribution in [3.05, 3.63) is 70.3 Å². The molecule has 1 aliphatic rings. The summed E-state index contributed by atoms with van der Waals surface area (Å²) in [6.07, 6.45) is 9.06. The molecule has 0 aliphatic heterocycles. The summed E-state index contributed by atoms with van der Waals surface area (Å²) in [6.45, 7) is 2.22. The molecule has 0 heterocycles. The van der Waals surface area contributed by atoms with E-state index in [-0.39, 0.29) is 11.1 Å². The van der Waals surface area contributed by atoms with E-state index < -0.39 is 23.3 Å². The lowest BCUT2D eigenvalue weighted by molar-refractivity contribution is 0.252. The van der Waals surface area contributed by atoms with E-state index >= 15 is 0 Å². The Bertz CT molecular complexity index is 876. The quantitative estimate of drug-likeness (QED) is 0.367. The summed E-state index contributed by atoms with van der Waals surface area (Å²) in [7, 11) is 0. The molecule has 4 heteroatoms. The van der Waals surface area contributed by atoms with Gasteiger partial charge in [0.05, 0.1) is 5.56 Å². The number of aryl methyl sites for hydroxylation is 1. The molecule has 0 nitrogen and oxygen atoms in total. The molecule has 0 bridgehead atoms. The van der Waals surface area contributed by atoms with Gasteiger partial charge >= 0.3 is 0 Å². The van der Waals surface area contributed by atoms with Crippen molar-refractivity contribution in [1.82, 2.24) is 0 Å². The molecule has 1 saturated carbocycles. The molecule has 0 spiro atoms. The van der Waals surface area contributed by atoms with Gasteiger partial charge in [-0.2, -0.15) is 0 Å². The molecule has 0 saturated heterocycles. The molecule has 154 valence electrons. The third-order valence-corrected chi connectivity index (χ3v) is 5.86. The van der Waals surface area contributed by atoms with Crippen LogP contribution in [0.2, 0.25) is 0 Å². The Balaban J connectivity index is 1.62. The maximum Gasteiger partial charge on any atom is 0.160 e. The molecule has 0 unspecified atom stereocenters. The van der Waals surface area contributed by atoms with Crippen molar-refractivity contribution in [2.45, 2.75) is 58.3 Å². The van der Waals surface area contributed by atoms with Crippen LogP contribution < -0.4 is 0 Å². The van der Waals surface area contributed by atoms with Crippen LogP contribution in [-0.4, -0.2) is 0 Å². The van der Waals surface area contributed by atoms with Crippen molar-refractivity contribution in [2.24, 2.45) is 11.8 Å². The minimum atomic E-state index is -1.04. The second-order valence-electron chi connectivity index (χ2n) is 8.03. The van der Waals surface area contributed by atoms with Crippen molar-refractivity contribution in [3.63, 3.8) is 0 Å². The van der Waals surface area contributed by atoms with E-state index in [1.165, 1.54) is 56.7 Å². The topological polar surface area (TPSA) is 0 Å². The van der Waals surface area contributed by atoms with Gasteiger partial charge in [-0.15, -0.1) is 0 Å². The average molecular weight is 402 g/mol. The first-order chi connectivity index (χ1) is 14.0. The zero-order valence-electron chi connectivity index (χ0n) is 16.7. The molecule has 0 N–H and O–H groups in total. The van der Waals surface area contributed by atoms with Crippen molar-refractivity contribution in [2.75, 3.05) is 0 Å². The van der Waals surface area contributed by atoms with Gasteiger partial charge < -0.3 is 0 Å². The Morgan fingerprint density at radius 3 is 1.97 bits per heavy atom. The first-order valence-corrected chi connectivity index (χ1v) is 10.4. The Morgan fingerprint density at radius 1 is 0.759 bits per heavy atom. The van der Waals surface area contributed by atoms with Crippen LogP contribution in [0.3, 0.4) is 0 Å². The van der Waals surface area contributed by atoms with Gasteiger partial charge in [0.15, 0.2) is 11.6 Å². The number of halogens is 4. The van der Waals surface area contributed by atoms with E-state index in [1.54, 1.807) is 0 Å². The molecule has 2 aromatic rings. The fourth-order valence-electron chi connectivity index (χ4n) is 4.19. The fourth-order valence-corrected chi connectivity index (χ4v) is 4.19. The standard InChI is InChI=1S/C25H26F4/c1-2-3-17-4-6-18(7-5-17)8-9-20-15-23(27)21(24(28)16-20)12-10-19-11-13-22(26)25(29)14-19/h11,13-18H,2-9H2,1H3. The fraction of sp³-hybridized carbons (Fsp3) is 0.440. The number of rotatable bonds is 5. The highest BCUT2D eigenvalue weighted by Gasteiger charge is 2.20. The van der Waals surface area contributed by atoms with Gasteiger partial charge in [-0.25, -0.2) is 17.6 Å². The van der Waals surface area contributed by atoms with Gasteiger partial charge in [-0.3, -0.25) is 0 Å². The third-order valence-electron chi connectivity index (χ3n) is 5.86. The lowest BCUT2D eigenvalue weighted by Gasteiger charge is -2.28. The number of benzene rings is 2. The lowest BCUT2D eigenvalue weighted by Crippen LogP contribution is -2.15. The molecule has 29 heavy (non-hydrogen) atoms. The van der Waals surface area contributed by atoms with Crippen LogP contribution in [0.4, 0.5) is 17.6 Å². The van der Waals surface area contributed by atoms with Gasteiger partial charge in [0.25, 0.3) is 0 Å². The summed E-state index contributed by atoms with van der Waals surface area (Å²) in [4.78, 5) is 0. The zero-order valence-corrected chi connectivity index (χ0v) is 16.7. The minimum Gasteiger partial charge on any atom is -0.206 e. The van der Waals surface area contributed by atoms with Crippen LogP contribution >= 0.6 is 0 Å². The largest absolute Gasteiger partial charge is 0.206 e. The minimum absolute atomic E-state index is 0.158. The molecule has 0 amide bonds. The normalized spacial score (nSPS) is 18.9. The molecule has 0 radical (unpaired) electrons. The maximum absolute atomic E-state index is 14.4. The van der Waals surface area contributed by atoms with E-state index in [1.807, 2.05) is 0 Å². The second-order valence-corrected chi connectivity index (χ2v) is 8.03. The third kappa shape index (κ3) is 5.85. The summed E-state index contributed by atoms with van der Waals surface area (Å²) >= 11 is 0. The maximum atomic E-state index is 14.4. The first kappa shape index (κ1) is 21.4. The second kappa shape index (κ2) is 9.96. The Kier molecular flexibility index (Phi) is 7.36. The molecular weight excluding hydrogens is 376 g/mol. The summed E-state index contributed by atoms with van der Waals surface area (Å²) in [6, 6.07) is 5.78. The van der Waals surface area contributed by atoms with Crippen molar-refractivity contribution >= 4 is 0 Å². The Hall–Kier alpha value is -2.28. The molecule has 1 aliphatic carbocycles. The molecule has 1 fully saturated rings. The summed E-state index contributed by atoms with van der Waals surface area (Å²) in [5.74, 6) is 2.89. The smallest absolute Gasteiger partial charge is 0.160 e. The monoisotopic (exact) mass is 402 g/mol. The van der Waals surface area contributed by atoms with Gasteiger partial charge in [0.2, 0.25) is 0 Å². The van der Waals surface area contributed by atoms with Crippen molar-refractivity contribution in [1.29, 1.82) is 0 Å². The zero-order chi connectivity index (χ0) is 20.8. The first-order valence-electron chi connectivity index (χ1n) is 10.4. The van der Waals surface area contributed by atoms with E-state index in [9.17, 15) is 17.6 Å². The van der Waals surface area contributed by atoms with Gasteiger partial charge in [-0.05, 0) is 60.6 Å². The van der Waals surface area contributed by atoms with E-state index in [2.05, 4.69) is 18.8 Å². The van der Waals surface area contributed by atoms with Crippen molar-refractivity contribution < 1.29 is 17.6 Å². The van der Waals surface area contributed by atoms with Gasteiger partial charge in [0.1, 0.15) is 11.6 Å². The summed E-state index contributed by atoms with van der Waals surface area (Å²) in [5.41, 5.74) is 0.443. The van der Waals surface area contributed by atoms with Crippen molar-refractivity contribution in [3.8, 4) is 11.8 Å². The Morgan fingerprint density at radius 2 is 1.38 bits per heavy atom. The van der Waals surface area contributed by atoms with Crippen LogP contribution in [0, 0.1) is 46.9 Å². The molecule has 0 aromatic heterocycles. The average Bonchev–Trinajstić information content (AvgIpc) is 2.70. The number of hydrogen-bond acceptors (Lipinski definition) is 0. The number of hydrogen-bond donors (Lipinski definition) is 0. The highest BCUT2D eigenvalue weighted by Crippen LogP contribution is 2.34. The van der Waals surface area contributed by atoms with E-state index in [0.717, 1.165) is 24.5 Å². The summed E-state index contributed by atoms with van der Waals surface area (Å²) < 4.78 is 54.9. The van der Waals surface area contributed by atoms with Crippen LogP contribution in [-0.2, 0) is 6.42 Å². The lowest BCUT2D eigenvalue weighted by atomic mass is 9.78. The predicted octanol–water partition coefficient (Wildman–Crippen LogP) is 7.18. The highest BCUT2D eigenvalue weighted by molar-refractivity contribution is 5.45. The molecule has 2 aromatic carbocycles. The van der Waals surface area contributed by atoms with E-state index in [0.29, 0.717) is 17.9 Å². The summed E-state index contributed by atoms with van der Waals surface area (Å²) in [5, 5.41) is 0. The molecule has 3 rings (SSSR count). The van der Waals surface area contributed by atoms with Crippen LogP contribution in [0.5, 0.6) is 0 Å². The molecular formula is C25H26F4. The SMILES string of the molecule is CCCC1CCC(CCc2cc(F)c(C#Cc3ccc(F)c(F)c3)c(F)c2)CC1. The van der Waals surface area contributed by atoms with Crippen LogP contribution in [0.15, 0.2) is 30.3 Å². The Labute approximate surface area is 170 Å². The van der Waals surface area contributed by atoms with E-state index in [4.69, 9.17) is 0 Å². The van der Waals surface area contributed by atoms with Crippen LogP contribution in [0.1, 0.15) is 68.6 Å². The van der Waals surface area contributed by atoms with Gasteiger partial charge in [0, 0.05) is 5.56 Å².